The van der Waals surface area contributed by atoms with Crippen molar-refractivity contribution in [1.29, 1.82) is 0 Å². The summed E-state index contributed by atoms with van der Waals surface area (Å²) in [7, 11) is -1.99. The van der Waals surface area contributed by atoms with Crippen molar-refractivity contribution in [1.82, 2.24) is 14.7 Å². The Morgan fingerprint density at radius 3 is 2.75 bits per heavy atom. The molecule has 1 aliphatic heterocycles. The average molecular weight is 349 g/mol. The third-order valence-electron chi connectivity index (χ3n) is 4.86. The summed E-state index contributed by atoms with van der Waals surface area (Å²) in [5.74, 6) is 1.68. The molecule has 128 valence electrons. The lowest BCUT2D eigenvalue weighted by atomic mass is 9.61. The summed E-state index contributed by atoms with van der Waals surface area (Å²) in [5.41, 5.74) is 1.02. The molecular weight excluding hydrogens is 330 g/mol. The average Bonchev–Trinajstić information content (AvgIpc) is 2.46. The van der Waals surface area contributed by atoms with Crippen LogP contribution in [0.4, 0.5) is 5.82 Å². The Morgan fingerprint density at radius 1 is 1.33 bits per heavy atom. The number of ether oxygens (including phenoxy) is 1. The smallest absolute Gasteiger partial charge is 0.274 e. The summed E-state index contributed by atoms with van der Waals surface area (Å²) in [6, 6.07) is 5.72. The van der Waals surface area contributed by atoms with Gasteiger partial charge in [-0.05, 0) is 25.0 Å². The van der Waals surface area contributed by atoms with E-state index in [4.69, 9.17) is 9.88 Å². The van der Waals surface area contributed by atoms with Crippen molar-refractivity contribution < 1.29 is 13.2 Å². The number of hydrogen-bond acceptors (Lipinski definition) is 6. The zero-order chi connectivity index (χ0) is 16.9. The molecule has 0 unspecified atom stereocenters. The number of fused-ring (bicyclic) bond motifs is 1. The molecule has 0 amide bonds. The van der Waals surface area contributed by atoms with Gasteiger partial charge >= 0.3 is 0 Å². The van der Waals surface area contributed by atoms with Gasteiger partial charge in [-0.2, -0.15) is 13.1 Å². The topological polar surface area (TPSA) is 110 Å². The number of nitrogens with two attached hydrogens (primary N) is 1. The van der Waals surface area contributed by atoms with Gasteiger partial charge in [0.25, 0.3) is 10.2 Å². The lowest BCUT2D eigenvalue weighted by molar-refractivity contribution is 0.0586. The first kappa shape index (κ1) is 15.6. The molecule has 1 spiro atoms. The van der Waals surface area contributed by atoms with Gasteiger partial charge in [0.2, 0.25) is 0 Å². The van der Waals surface area contributed by atoms with Crippen molar-refractivity contribution in [2.75, 3.05) is 25.1 Å². The van der Waals surface area contributed by atoms with Crippen LogP contribution in [0.15, 0.2) is 24.5 Å². The largest absolute Gasteiger partial charge is 0.497 e. The Labute approximate surface area is 140 Å². The minimum Gasteiger partial charge on any atom is -0.497 e. The number of anilines is 1. The molecule has 1 saturated heterocycles. The summed E-state index contributed by atoms with van der Waals surface area (Å²) in [5, 5.41) is 6.01. The van der Waals surface area contributed by atoms with Crippen LogP contribution in [0, 0.1) is 5.41 Å². The van der Waals surface area contributed by atoms with Gasteiger partial charge < -0.3 is 9.64 Å². The van der Waals surface area contributed by atoms with E-state index in [9.17, 15) is 8.42 Å². The number of nitrogens with one attached hydrogen (secondary N) is 1. The minimum absolute atomic E-state index is 0.0476. The Bertz CT molecular complexity index is 887. The zero-order valence-electron chi connectivity index (χ0n) is 13.3. The van der Waals surface area contributed by atoms with E-state index in [0.29, 0.717) is 0 Å². The molecule has 4 rings (SSSR count). The van der Waals surface area contributed by atoms with Crippen LogP contribution in [0.3, 0.4) is 0 Å². The maximum atomic E-state index is 11.1. The monoisotopic (exact) mass is 349 g/mol. The second-order valence-corrected chi connectivity index (χ2v) is 8.03. The van der Waals surface area contributed by atoms with Gasteiger partial charge in [0.05, 0.1) is 12.6 Å². The maximum absolute atomic E-state index is 11.1. The summed E-state index contributed by atoms with van der Waals surface area (Å²) in [6.07, 6.45) is 3.20. The molecule has 24 heavy (non-hydrogen) atoms. The van der Waals surface area contributed by atoms with Crippen molar-refractivity contribution in [2.24, 2.45) is 10.6 Å². The fourth-order valence-electron chi connectivity index (χ4n) is 3.87. The molecular formula is C15H19N5O3S. The van der Waals surface area contributed by atoms with Crippen molar-refractivity contribution in [3.8, 4) is 5.75 Å². The standard InChI is InChI=1S/C15H19N5O3S/c1-23-11-2-3-12-13(4-11)17-9-18-14(12)20-7-15(8-20)5-10(6-15)19-24(16,21)22/h2-4,9-10,19H,5-8H2,1H3,(H2,16,21,22). The fourth-order valence-corrected chi connectivity index (χ4v) is 4.51. The van der Waals surface area contributed by atoms with Gasteiger partial charge in [-0.15, -0.1) is 0 Å². The van der Waals surface area contributed by atoms with Crippen molar-refractivity contribution in [3.05, 3.63) is 24.5 Å². The molecule has 2 heterocycles. The summed E-state index contributed by atoms with van der Waals surface area (Å²) in [4.78, 5) is 10.9. The van der Waals surface area contributed by atoms with Crippen LogP contribution in [-0.4, -0.2) is 44.6 Å². The molecule has 1 aliphatic carbocycles. The highest BCUT2D eigenvalue weighted by molar-refractivity contribution is 7.87. The van der Waals surface area contributed by atoms with E-state index in [1.165, 1.54) is 0 Å². The van der Waals surface area contributed by atoms with Gasteiger partial charge in [-0.25, -0.2) is 15.1 Å². The van der Waals surface area contributed by atoms with Crippen LogP contribution >= 0.6 is 0 Å². The van der Waals surface area contributed by atoms with Crippen molar-refractivity contribution >= 4 is 26.9 Å². The Morgan fingerprint density at radius 2 is 2.08 bits per heavy atom. The van der Waals surface area contributed by atoms with Crippen LogP contribution in [-0.2, 0) is 10.2 Å². The summed E-state index contributed by atoms with van der Waals surface area (Å²) in [6.45, 7) is 1.74. The van der Waals surface area contributed by atoms with Gasteiger partial charge in [0.15, 0.2) is 0 Å². The Kier molecular flexibility index (Phi) is 3.41. The first-order chi connectivity index (χ1) is 11.4. The van der Waals surface area contributed by atoms with Gasteiger partial charge in [-0.1, -0.05) is 0 Å². The van der Waals surface area contributed by atoms with Crippen LogP contribution in [0.5, 0.6) is 5.75 Å². The number of nitrogens with zero attached hydrogens (tertiary/aromatic N) is 3. The molecule has 0 radical (unpaired) electrons. The van der Waals surface area contributed by atoms with Crippen LogP contribution in [0.25, 0.3) is 10.9 Å². The first-order valence-corrected chi connectivity index (χ1v) is 9.26. The summed E-state index contributed by atoms with van der Waals surface area (Å²) < 4.78 is 29.8. The van der Waals surface area contributed by atoms with E-state index in [2.05, 4.69) is 19.6 Å². The third-order valence-corrected chi connectivity index (χ3v) is 5.53. The van der Waals surface area contributed by atoms with E-state index in [0.717, 1.165) is 48.4 Å². The molecule has 9 heteroatoms. The lowest BCUT2D eigenvalue weighted by Gasteiger charge is -2.59. The highest BCUT2D eigenvalue weighted by atomic mass is 32.2. The number of methoxy groups -OCH3 is 1. The third kappa shape index (κ3) is 2.68. The molecule has 8 nitrogen and oxygen atoms in total. The molecule has 2 aromatic rings. The maximum Gasteiger partial charge on any atom is 0.274 e. The second-order valence-electron chi connectivity index (χ2n) is 6.70. The fraction of sp³-hybridized carbons (Fsp3) is 0.467. The van der Waals surface area contributed by atoms with E-state index in [-0.39, 0.29) is 11.5 Å². The Balaban J connectivity index is 1.47. The molecule has 0 bridgehead atoms. The van der Waals surface area contributed by atoms with Gasteiger partial charge in [0.1, 0.15) is 17.9 Å². The van der Waals surface area contributed by atoms with Crippen molar-refractivity contribution in [3.63, 3.8) is 0 Å². The van der Waals surface area contributed by atoms with Gasteiger partial charge in [-0.3, -0.25) is 0 Å². The lowest BCUT2D eigenvalue weighted by Crippen LogP contribution is -2.67. The predicted molar refractivity (Wildman–Crippen MR) is 90.0 cm³/mol. The zero-order valence-corrected chi connectivity index (χ0v) is 14.1. The highest BCUT2D eigenvalue weighted by Gasteiger charge is 2.53. The second kappa shape index (κ2) is 5.27. The Hall–Kier alpha value is -1.97. The predicted octanol–water partition coefficient (Wildman–Crippen LogP) is 0.400. The SMILES string of the molecule is COc1ccc2c(N3CC4(CC(NS(N)(=O)=O)C4)C3)ncnc2c1. The summed E-state index contributed by atoms with van der Waals surface area (Å²) >= 11 is 0. The van der Waals surface area contributed by atoms with Crippen molar-refractivity contribution in [2.45, 2.75) is 18.9 Å². The number of hydrogen-bond donors (Lipinski definition) is 2. The molecule has 2 fully saturated rings. The molecule has 1 saturated carbocycles. The molecule has 2 aliphatic rings. The number of rotatable bonds is 4. The normalized spacial score (nSPS) is 20.0. The quantitative estimate of drug-likeness (QED) is 0.827. The van der Waals surface area contributed by atoms with E-state index in [1.54, 1.807) is 13.4 Å². The highest BCUT2D eigenvalue weighted by Crippen LogP contribution is 2.50. The van der Waals surface area contributed by atoms with E-state index in [1.807, 2.05) is 18.2 Å². The van der Waals surface area contributed by atoms with Crippen LogP contribution in [0.2, 0.25) is 0 Å². The van der Waals surface area contributed by atoms with Gasteiger partial charge in [0, 0.05) is 36.0 Å². The van der Waals surface area contributed by atoms with E-state index >= 15 is 0 Å². The number of aromatic nitrogens is 2. The number of benzene rings is 1. The van der Waals surface area contributed by atoms with Crippen LogP contribution in [0.1, 0.15) is 12.8 Å². The van der Waals surface area contributed by atoms with Crippen LogP contribution < -0.4 is 19.5 Å². The molecule has 0 atom stereocenters. The molecule has 1 aromatic carbocycles. The first-order valence-electron chi connectivity index (χ1n) is 7.71. The molecule has 1 aromatic heterocycles. The van der Waals surface area contributed by atoms with E-state index < -0.39 is 10.2 Å². The minimum atomic E-state index is -3.62. The molecule has 3 N–H and O–H groups in total.